The predicted octanol–water partition coefficient (Wildman–Crippen LogP) is 3.20. The van der Waals surface area contributed by atoms with Gasteiger partial charge in [0.25, 0.3) is 0 Å². The van der Waals surface area contributed by atoms with Gasteiger partial charge in [0.1, 0.15) is 5.69 Å². The van der Waals surface area contributed by atoms with Crippen LogP contribution in [-0.4, -0.2) is 49.5 Å². The summed E-state index contributed by atoms with van der Waals surface area (Å²) in [6.45, 7) is 3.97. The van der Waals surface area contributed by atoms with Crippen LogP contribution in [-0.2, 0) is 4.79 Å². The Hall–Kier alpha value is -1.93. The normalized spacial score (nSPS) is 15.8. The van der Waals surface area contributed by atoms with Crippen LogP contribution in [0, 0.1) is 5.92 Å². The average Bonchev–Trinajstić information content (AvgIpc) is 3.30. The van der Waals surface area contributed by atoms with E-state index in [1.165, 1.54) is 11.8 Å². The molecule has 0 aromatic carbocycles. The Morgan fingerprint density at radius 1 is 1.28 bits per heavy atom. The van der Waals surface area contributed by atoms with E-state index in [-0.39, 0.29) is 5.91 Å². The van der Waals surface area contributed by atoms with E-state index in [1.807, 2.05) is 34.5 Å². The second-order valence-corrected chi connectivity index (χ2v) is 8.19. The summed E-state index contributed by atoms with van der Waals surface area (Å²) in [4.78, 5) is 15.5. The molecule has 1 saturated heterocycles. The monoisotopic (exact) mass is 373 g/mol. The van der Waals surface area contributed by atoms with Gasteiger partial charge < -0.3 is 4.90 Å². The van der Waals surface area contributed by atoms with Crippen LogP contribution in [0.4, 0.5) is 0 Å². The average molecular weight is 374 g/mol. The molecule has 3 aromatic heterocycles. The van der Waals surface area contributed by atoms with Crippen molar-refractivity contribution in [3.63, 3.8) is 0 Å². The highest BCUT2D eigenvalue weighted by atomic mass is 32.2. The second-order valence-electron chi connectivity index (χ2n) is 6.30. The van der Waals surface area contributed by atoms with Gasteiger partial charge in [0.05, 0.1) is 10.6 Å². The number of fused-ring (bicyclic) bond motifs is 1. The Morgan fingerprint density at radius 2 is 2.12 bits per heavy atom. The number of thiophene rings is 1. The van der Waals surface area contributed by atoms with Crippen LogP contribution < -0.4 is 0 Å². The number of hydrogen-bond donors (Lipinski definition) is 0. The summed E-state index contributed by atoms with van der Waals surface area (Å²) in [5.41, 5.74) is 1.59. The summed E-state index contributed by atoms with van der Waals surface area (Å²) in [7, 11) is 0. The molecule has 25 heavy (non-hydrogen) atoms. The molecule has 3 aromatic rings. The van der Waals surface area contributed by atoms with Gasteiger partial charge in [-0.15, -0.1) is 21.5 Å². The smallest absolute Gasteiger partial charge is 0.233 e. The lowest BCUT2D eigenvalue weighted by Gasteiger charge is -2.30. The highest BCUT2D eigenvalue weighted by Gasteiger charge is 2.21. The number of carbonyl (C=O) groups excluding carboxylic acids is 1. The molecule has 1 amide bonds. The minimum atomic E-state index is 0.170. The van der Waals surface area contributed by atoms with Crippen molar-refractivity contribution < 1.29 is 4.79 Å². The van der Waals surface area contributed by atoms with E-state index in [2.05, 4.69) is 22.2 Å². The zero-order chi connectivity index (χ0) is 17.2. The van der Waals surface area contributed by atoms with Gasteiger partial charge in [-0.2, -0.15) is 9.61 Å². The molecule has 0 saturated carbocycles. The molecule has 0 bridgehead atoms. The van der Waals surface area contributed by atoms with Crippen molar-refractivity contribution in [3.05, 3.63) is 29.6 Å². The molecule has 6 nitrogen and oxygen atoms in total. The second kappa shape index (κ2) is 7.13. The number of piperidine rings is 1. The molecular weight excluding hydrogens is 354 g/mol. The first-order chi connectivity index (χ1) is 12.2. The van der Waals surface area contributed by atoms with E-state index in [4.69, 9.17) is 0 Å². The Kier molecular flexibility index (Phi) is 4.72. The van der Waals surface area contributed by atoms with Crippen LogP contribution in [0.5, 0.6) is 0 Å². The van der Waals surface area contributed by atoms with Gasteiger partial charge in [-0.25, -0.2) is 0 Å². The molecule has 0 N–H and O–H groups in total. The highest BCUT2D eigenvalue weighted by molar-refractivity contribution is 7.99. The zero-order valence-corrected chi connectivity index (χ0v) is 15.6. The summed E-state index contributed by atoms with van der Waals surface area (Å²) >= 11 is 3.05. The maximum absolute atomic E-state index is 12.4. The van der Waals surface area contributed by atoms with Crippen molar-refractivity contribution in [3.8, 4) is 10.6 Å². The number of amides is 1. The molecule has 0 aliphatic carbocycles. The maximum Gasteiger partial charge on any atom is 0.233 e. The van der Waals surface area contributed by atoms with E-state index in [0.717, 1.165) is 42.4 Å². The molecule has 130 valence electrons. The van der Waals surface area contributed by atoms with Crippen LogP contribution in [0.3, 0.4) is 0 Å². The van der Waals surface area contributed by atoms with E-state index < -0.39 is 0 Å². The van der Waals surface area contributed by atoms with Gasteiger partial charge in [0.2, 0.25) is 11.1 Å². The van der Waals surface area contributed by atoms with Crippen molar-refractivity contribution in [1.82, 2.24) is 24.7 Å². The van der Waals surface area contributed by atoms with Crippen LogP contribution in [0.2, 0.25) is 0 Å². The van der Waals surface area contributed by atoms with Gasteiger partial charge in [-0.3, -0.25) is 4.79 Å². The number of aromatic nitrogens is 4. The quantitative estimate of drug-likeness (QED) is 0.657. The first kappa shape index (κ1) is 16.5. The Bertz CT molecular complexity index is 868. The number of carbonyl (C=O) groups is 1. The number of hydrogen-bond acceptors (Lipinski definition) is 6. The third-order valence-corrected chi connectivity index (χ3v) is 6.27. The van der Waals surface area contributed by atoms with E-state index in [9.17, 15) is 4.79 Å². The van der Waals surface area contributed by atoms with Crippen molar-refractivity contribution in [2.45, 2.75) is 24.9 Å². The molecule has 0 unspecified atom stereocenters. The lowest BCUT2D eigenvalue weighted by atomic mass is 9.99. The lowest BCUT2D eigenvalue weighted by molar-refractivity contribution is -0.129. The van der Waals surface area contributed by atoms with Crippen molar-refractivity contribution in [2.24, 2.45) is 5.92 Å². The van der Waals surface area contributed by atoms with Crippen molar-refractivity contribution in [1.29, 1.82) is 0 Å². The van der Waals surface area contributed by atoms with Gasteiger partial charge in [-0.05, 0) is 42.3 Å². The number of likely N-dealkylation sites (tertiary alicyclic amines) is 1. The summed E-state index contributed by atoms with van der Waals surface area (Å²) in [6.07, 6.45) is 2.19. The van der Waals surface area contributed by atoms with Crippen molar-refractivity contribution in [2.75, 3.05) is 18.8 Å². The van der Waals surface area contributed by atoms with Crippen LogP contribution in [0.25, 0.3) is 16.2 Å². The SMILES string of the molecule is CC1CCN(C(=O)CSc2nnc3ccc(-c4cccs4)nn23)CC1. The topological polar surface area (TPSA) is 63.4 Å². The first-order valence-corrected chi connectivity index (χ1v) is 10.2. The fraction of sp³-hybridized carbons (Fsp3) is 0.412. The number of rotatable bonds is 4. The molecule has 4 heterocycles. The predicted molar refractivity (Wildman–Crippen MR) is 99.8 cm³/mol. The van der Waals surface area contributed by atoms with Gasteiger partial charge >= 0.3 is 0 Å². The van der Waals surface area contributed by atoms with Crippen LogP contribution in [0.15, 0.2) is 34.8 Å². The minimum absolute atomic E-state index is 0.170. The third kappa shape index (κ3) is 3.55. The Balaban J connectivity index is 1.48. The minimum Gasteiger partial charge on any atom is -0.342 e. The van der Waals surface area contributed by atoms with Gasteiger partial charge in [0.15, 0.2) is 5.65 Å². The molecule has 1 aliphatic heterocycles. The summed E-state index contributed by atoms with van der Waals surface area (Å²) in [6, 6.07) is 7.90. The summed E-state index contributed by atoms with van der Waals surface area (Å²) < 4.78 is 1.73. The summed E-state index contributed by atoms with van der Waals surface area (Å²) in [5, 5.41) is 15.7. The molecule has 8 heteroatoms. The Labute approximate surface area is 154 Å². The van der Waals surface area contributed by atoms with Crippen LogP contribution >= 0.6 is 23.1 Å². The fourth-order valence-electron chi connectivity index (χ4n) is 2.89. The zero-order valence-electron chi connectivity index (χ0n) is 14.0. The van der Waals surface area contributed by atoms with Crippen molar-refractivity contribution >= 4 is 34.7 Å². The summed E-state index contributed by atoms with van der Waals surface area (Å²) in [5.74, 6) is 1.26. The van der Waals surface area contributed by atoms with Gasteiger partial charge in [0, 0.05) is 13.1 Å². The number of thioether (sulfide) groups is 1. The molecule has 0 radical (unpaired) electrons. The molecule has 1 fully saturated rings. The molecular formula is C17H19N5OS2. The first-order valence-electron chi connectivity index (χ1n) is 8.37. The maximum atomic E-state index is 12.4. The van der Waals surface area contributed by atoms with E-state index in [1.54, 1.807) is 15.9 Å². The fourth-order valence-corrected chi connectivity index (χ4v) is 4.37. The molecule has 1 aliphatic rings. The van der Waals surface area contributed by atoms with E-state index >= 15 is 0 Å². The van der Waals surface area contributed by atoms with Crippen LogP contribution in [0.1, 0.15) is 19.8 Å². The number of nitrogens with zero attached hydrogens (tertiary/aromatic N) is 5. The molecule has 4 rings (SSSR count). The van der Waals surface area contributed by atoms with Gasteiger partial charge in [-0.1, -0.05) is 24.8 Å². The Morgan fingerprint density at radius 3 is 2.88 bits per heavy atom. The molecule has 0 spiro atoms. The third-order valence-electron chi connectivity index (χ3n) is 4.47. The highest BCUT2D eigenvalue weighted by Crippen LogP contribution is 2.24. The van der Waals surface area contributed by atoms with E-state index in [0.29, 0.717) is 16.6 Å². The largest absolute Gasteiger partial charge is 0.342 e. The lowest BCUT2D eigenvalue weighted by Crippen LogP contribution is -2.38. The molecule has 0 atom stereocenters. The standard InChI is InChI=1S/C17H19N5OS2/c1-12-6-8-21(9-7-12)16(23)11-25-17-19-18-15-5-4-13(20-22(15)17)14-3-2-10-24-14/h2-5,10,12H,6-9,11H2,1H3.